The first-order valence-electron chi connectivity index (χ1n) is 10.1. The van der Waals surface area contributed by atoms with E-state index in [0.717, 1.165) is 6.07 Å². The van der Waals surface area contributed by atoms with Gasteiger partial charge in [-0.05, 0) is 45.0 Å². The van der Waals surface area contributed by atoms with Crippen molar-refractivity contribution in [3.8, 4) is 11.6 Å². The van der Waals surface area contributed by atoms with Crippen LogP contribution in [0.2, 0.25) is 0 Å². The number of nitrogens with zero attached hydrogens (tertiary/aromatic N) is 4. The van der Waals surface area contributed by atoms with E-state index in [1.54, 1.807) is 44.3 Å². The Hall–Kier alpha value is -3.18. The van der Waals surface area contributed by atoms with Gasteiger partial charge in [-0.25, -0.2) is 9.67 Å². The second-order valence-corrected chi connectivity index (χ2v) is 8.05. The molecule has 3 aromatic rings. The Morgan fingerprint density at radius 1 is 1.12 bits per heavy atom. The van der Waals surface area contributed by atoms with Crippen LogP contribution in [0.15, 0.2) is 42.7 Å². The molecule has 1 atom stereocenters. The van der Waals surface area contributed by atoms with Crippen molar-refractivity contribution in [2.45, 2.75) is 38.1 Å². The van der Waals surface area contributed by atoms with E-state index in [1.807, 2.05) is 0 Å². The molecule has 0 spiro atoms. The fraction of sp³-hybridized carbons (Fsp3) is 0.381. The van der Waals surface area contributed by atoms with E-state index in [1.165, 1.54) is 10.9 Å². The highest BCUT2D eigenvalue weighted by molar-refractivity contribution is 5.57. The number of halogens is 3. The van der Waals surface area contributed by atoms with Crippen molar-refractivity contribution in [3.05, 3.63) is 54.1 Å². The standard InChI is InChI=1S/C21H23F3N6O2/c1-20(2,31)16-9-13(3-7-26-16)28-18-10-15(5-8-27-18)32-19-11-17(21(22,23)24)29-30(19)14-4-6-25-12-14/h3,5,7-11,14,25,31H,4,6,12H2,1-2H3,(H,26,27,28). The molecule has 1 unspecified atom stereocenters. The van der Waals surface area contributed by atoms with E-state index in [-0.39, 0.29) is 11.9 Å². The highest BCUT2D eigenvalue weighted by Gasteiger charge is 2.36. The Morgan fingerprint density at radius 3 is 2.59 bits per heavy atom. The van der Waals surface area contributed by atoms with Crippen molar-refractivity contribution in [1.29, 1.82) is 0 Å². The van der Waals surface area contributed by atoms with Crippen LogP contribution in [0.1, 0.15) is 37.7 Å². The molecule has 32 heavy (non-hydrogen) atoms. The van der Waals surface area contributed by atoms with Crippen molar-refractivity contribution in [3.63, 3.8) is 0 Å². The topological polar surface area (TPSA) is 97.1 Å². The van der Waals surface area contributed by atoms with Gasteiger partial charge in [-0.3, -0.25) is 4.98 Å². The summed E-state index contributed by atoms with van der Waals surface area (Å²) in [7, 11) is 0. The number of anilines is 2. The van der Waals surface area contributed by atoms with E-state index in [9.17, 15) is 18.3 Å². The molecule has 3 N–H and O–H groups in total. The maximum absolute atomic E-state index is 13.2. The zero-order valence-corrected chi connectivity index (χ0v) is 17.5. The third-order valence-corrected chi connectivity index (χ3v) is 4.99. The number of hydrogen-bond donors (Lipinski definition) is 3. The number of rotatable bonds is 6. The average molecular weight is 448 g/mol. The monoisotopic (exact) mass is 448 g/mol. The third-order valence-electron chi connectivity index (χ3n) is 4.99. The van der Waals surface area contributed by atoms with Crippen LogP contribution in [0.25, 0.3) is 0 Å². The fourth-order valence-corrected chi connectivity index (χ4v) is 3.36. The molecular weight excluding hydrogens is 425 g/mol. The van der Waals surface area contributed by atoms with E-state index < -0.39 is 17.5 Å². The van der Waals surface area contributed by atoms with E-state index in [4.69, 9.17) is 4.74 Å². The number of hydrogen-bond acceptors (Lipinski definition) is 7. The van der Waals surface area contributed by atoms with Crippen LogP contribution in [0.4, 0.5) is 24.7 Å². The Morgan fingerprint density at radius 2 is 1.91 bits per heavy atom. The fourth-order valence-electron chi connectivity index (χ4n) is 3.36. The van der Waals surface area contributed by atoms with Gasteiger partial charge in [0, 0.05) is 36.8 Å². The van der Waals surface area contributed by atoms with Gasteiger partial charge in [0.05, 0.1) is 11.7 Å². The second kappa shape index (κ2) is 8.40. The Bertz CT molecular complexity index is 1090. The molecule has 1 aliphatic heterocycles. The van der Waals surface area contributed by atoms with Gasteiger partial charge in [-0.15, -0.1) is 0 Å². The second-order valence-electron chi connectivity index (χ2n) is 8.05. The highest BCUT2D eigenvalue weighted by Crippen LogP contribution is 2.35. The summed E-state index contributed by atoms with van der Waals surface area (Å²) in [6.45, 7) is 4.48. The first-order valence-corrected chi connectivity index (χ1v) is 10.1. The van der Waals surface area contributed by atoms with Gasteiger partial charge in [0.25, 0.3) is 0 Å². The van der Waals surface area contributed by atoms with Gasteiger partial charge in [-0.2, -0.15) is 18.3 Å². The maximum atomic E-state index is 13.2. The number of alkyl halides is 3. The lowest BCUT2D eigenvalue weighted by atomic mass is 10.0. The van der Waals surface area contributed by atoms with Gasteiger partial charge in [-0.1, -0.05) is 0 Å². The molecule has 4 heterocycles. The maximum Gasteiger partial charge on any atom is 0.435 e. The molecule has 1 aliphatic rings. The van der Waals surface area contributed by atoms with Crippen LogP contribution in [-0.2, 0) is 11.8 Å². The van der Waals surface area contributed by atoms with Gasteiger partial charge >= 0.3 is 6.18 Å². The molecule has 0 radical (unpaired) electrons. The normalized spacial score (nSPS) is 16.9. The summed E-state index contributed by atoms with van der Waals surface area (Å²) in [4.78, 5) is 8.38. The summed E-state index contributed by atoms with van der Waals surface area (Å²) in [6.07, 6.45) is -0.870. The minimum absolute atomic E-state index is 0.0106. The van der Waals surface area contributed by atoms with Gasteiger partial charge in [0.2, 0.25) is 5.88 Å². The number of aromatic nitrogens is 4. The molecule has 4 rings (SSSR count). The number of pyridine rings is 2. The smallest absolute Gasteiger partial charge is 0.435 e. The largest absolute Gasteiger partial charge is 0.439 e. The lowest BCUT2D eigenvalue weighted by Crippen LogP contribution is -2.17. The van der Waals surface area contributed by atoms with Crippen LogP contribution in [0.5, 0.6) is 11.6 Å². The molecule has 0 amide bonds. The molecule has 0 bridgehead atoms. The van der Waals surface area contributed by atoms with Crippen molar-refractivity contribution in [1.82, 2.24) is 25.1 Å². The van der Waals surface area contributed by atoms with Crippen molar-refractivity contribution in [2.75, 3.05) is 18.4 Å². The van der Waals surface area contributed by atoms with E-state index in [2.05, 4.69) is 25.7 Å². The summed E-state index contributed by atoms with van der Waals surface area (Å²) in [5.74, 6) is 0.733. The van der Waals surface area contributed by atoms with Crippen molar-refractivity contribution < 1.29 is 23.0 Å². The molecule has 0 saturated carbocycles. The van der Waals surface area contributed by atoms with Crippen molar-refractivity contribution in [2.24, 2.45) is 0 Å². The predicted octanol–water partition coefficient (Wildman–Crippen LogP) is 3.99. The summed E-state index contributed by atoms with van der Waals surface area (Å²) in [5, 5.41) is 20.1. The van der Waals surface area contributed by atoms with Gasteiger partial charge in [0.15, 0.2) is 5.69 Å². The molecule has 1 saturated heterocycles. The van der Waals surface area contributed by atoms with Crippen LogP contribution < -0.4 is 15.4 Å². The molecule has 0 aliphatic carbocycles. The molecule has 3 aromatic heterocycles. The first-order chi connectivity index (χ1) is 15.1. The van der Waals surface area contributed by atoms with E-state index in [0.29, 0.717) is 42.5 Å². The summed E-state index contributed by atoms with van der Waals surface area (Å²) >= 11 is 0. The summed E-state index contributed by atoms with van der Waals surface area (Å²) < 4.78 is 46.8. The lowest BCUT2D eigenvalue weighted by molar-refractivity contribution is -0.141. The average Bonchev–Trinajstić information content (AvgIpc) is 3.37. The zero-order chi connectivity index (χ0) is 22.9. The number of ether oxygens (including phenoxy) is 1. The third kappa shape index (κ3) is 5.00. The van der Waals surface area contributed by atoms with Crippen molar-refractivity contribution >= 4 is 11.5 Å². The molecule has 11 heteroatoms. The summed E-state index contributed by atoms with van der Waals surface area (Å²) in [6, 6.07) is 7.20. The highest BCUT2D eigenvalue weighted by atomic mass is 19.4. The predicted molar refractivity (Wildman–Crippen MR) is 111 cm³/mol. The SMILES string of the molecule is CC(C)(O)c1cc(Nc2cc(Oc3cc(C(F)(F)F)nn3C3CCNC3)ccn2)ccn1. The van der Waals surface area contributed by atoms with Gasteiger partial charge < -0.3 is 20.5 Å². The number of nitrogens with one attached hydrogen (secondary N) is 2. The van der Waals surface area contributed by atoms with Crippen LogP contribution in [0, 0.1) is 0 Å². The van der Waals surface area contributed by atoms with E-state index >= 15 is 0 Å². The Balaban J connectivity index is 1.58. The molecule has 170 valence electrons. The minimum atomic E-state index is -4.57. The Labute approximate surface area is 182 Å². The lowest BCUT2D eigenvalue weighted by Gasteiger charge is -2.17. The first kappa shape index (κ1) is 22.0. The molecule has 8 nitrogen and oxygen atoms in total. The minimum Gasteiger partial charge on any atom is -0.439 e. The molecular formula is C21H23F3N6O2. The number of aliphatic hydroxyl groups is 1. The van der Waals surface area contributed by atoms with Crippen LogP contribution in [-0.4, -0.2) is 37.9 Å². The Kier molecular flexibility index (Phi) is 5.78. The quantitative estimate of drug-likeness (QED) is 0.525. The van der Waals surface area contributed by atoms with Crippen LogP contribution >= 0.6 is 0 Å². The molecule has 0 aromatic carbocycles. The van der Waals surface area contributed by atoms with Crippen LogP contribution in [0.3, 0.4) is 0 Å². The zero-order valence-electron chi connectivity index (χ0n) is 17.5. The molecule has 1 fully saturated rings. The summed E-state index contributed by atoms with van der Waals surface area (Å²) in [5.41, 5.74) is -0.991. The van der Waals surface area contributed by atoms with Gasteiger partial charge in [0.1, 0.15) is 17.2 Å².